The van der Waals surface area contributed by atoms with Gasteiger partial charge in [0.2, 0.25) is 0 Å². The first kappa shape index (κ1) is 22.9. The molecule has 4 heteroatoms. The van der Waals surface area contributed by atoms with Crippen LogP contribution < -0.4 is 9.80 Å². The lowest BCUT2D eigenvalue weighted by Gasteiger charge is -2.35. The topological polar surface area (TPSA) is 11.4 Å². The first-order chi connectivity index (χ1) is 19.8. The summed E-state index contributed by atoms with van der Waals surface area (Å²) in [4.78, 5) is 4.54. The van der Waals surface area contributed by atoms with Crippen LogP contribution in [0.4, 0.5) is 34.1 Å². The number of fused-ring (bicyclic) bond motifs is 5. The number of hydrogen-bond donors (Lipinski definition) is 0. The number of rotatable bonds is 4. The zero-order valence-electron chi connectivity index (χ0n) is 21.6. The van der Waals surface area contributed by atoms with Crippen molar-refractivity contribution in [2.24, 2.45) is 0 Å². The fraction of sp³-hybridized carbons (Fsp3) is 0. The first-order valence-electron chi connectivity index (χ1n) is 13.4. The number of aromatic nitrogens is 1. The smallest absolute Gasteiger partial charge is 0.0887 e. The molecular formula is C36H24ClN3. The van der Waals surface area contributed by atoms with Gasteiger partial charge < -0.3 is 14.4 Å². The van der Waals surface area contributed by atoms with Gasteiger partial charge in [-0.05, 0) is 60.7 Å². The molecular weight excluding hydrogens is 510 g/mol. The second kappa shape index (κ2) is 9.04. The van der Waals surface area contributed by atoms with E-state index in [0.717, 1.165) is 39.8 Å². The highest BCUT2D eigenvalue weighted by Gasteiger charge is 2.30. The van der Waals surface area contributed by atoms with E-state index in [1.54, 1.807) is 0 Å². The van der Waals surface area contributed by atoms with Crippen LogP contribution >= 0.6 is 11.6 Å². The van der Waals surface area contributed by atoms with Gasteiger partial charge in [0, 0.05) is 22.1 Å². The molecule has 3 nitrogen and oxygen atoms in total. The zero-order valence-corrected chi connectivity index (χ0v) is 22.3. The third-order valence-electron chi connectivity index (χ3n) is 7.75. The maximum Gasteiger partial charge on any atom is 0.0887 e. The van der Waals surface area contributed by atoms with Crippen molar-refractivity contribution in [2.45, 2.75) is 0 Å². The lowest BCUT2D eigenvalue weighted by molar-refractivity contribution is 1.11. The molecule has 0 saturated carbocycles. The Bertz CT molecular complexity index is 1990. The second-order valence-corrected chi connectivity index (χ2v) is 10.3. The molecule has 8 rings (SSSR count). The molecule has 1 aromatic heterocycles. The maximum atomic E-state index is 7.45. The van der Waals surface area contributed by atoms with E-state index in [9.17, 15) is 0 Å². The van der Waals surface area contributed by atoms with Crippen molar-refractivity contribution >= 4 is 67.5 Å². The van der Waals surface area contributed by atoms with Crippen LogP contribution in [0.1, 0.15) is 0 Å². The molecule has 0 unspecified atom stereocenters. The monoisotopic (exact) mass is 533 g/mol. The summed E-state index contributed by atoms with van der Waals surface area (Å²) in [5.74, 6) is 0. The average molecular weight is 534 g/mol. The van der Waals surface area contributed by atoms with Gasteiger partial charge in [0.1, 0.15) is 0 Å². The van der Waals surface area contributed by atoms with Crippen molar-refractivity contribution in [1.82, 2.24) is 4.57 Å². The van der Waals surface area contributed by atoms with E-state index in [1.165, 1.54) is 21.8 Å². The molecule has 6 aromatic carbocycles. The number of nitrogens with zero attached hydrogens (tertiary/aromatic N) is 3. The van der Waals surface area contributed by atoms with Gasteiger partial charge in [-0.3, -0.25) is 0 Å². The van der Waals surface area contributed by atoms with Crippen LogP contribution in [0.15, 0.2) is 146 Å². The average Bonchev–Trinajstić information content (AvgIpc) is 3.36. The van der Waals surface area contributed by atoms with Crippen LogP contribution in [0.2, 0.25) is 5.02 Å². The van der Waals surface area contributed by atoms with Gasteiger partial charge in [-0.1, -0.05) is 96.5 Å². The van der Waals surface area contributed by atoms with Gasteiger partial charge >= 0.3 is 0 Å². The molecule has 0 bridgehead atoms. The Morgan fingerprint density at radius 2 is 1.00 bits per heavy atom. The van der Waals surface area contributed by atoms with Gasteiger partial charge in [0.25, 0.3) is 0 Å². The van der Waals surface area contributed by atoms with E-state index in [0.29, 0.717) is 5.02 Å². The van der Waals surface area contributed by atoms with Crippen molar-refractivity contribution in [3.05, 3.63) is 151 Å². The Morgan fingerprint density at radius 1 is 0.450 bits per heavy atom. The number of anilines is 6. The number of benzene rings is 6. The molecule has 0 fully saturated rings. The second-order valence-electron chi connectivity index (χ2n) is 9.97. The molecule has 0 amide bonds. The predicted octanol–water partition coefficient (Wildman–Crippen LogP) is 10.7. The molecule has 0 aliphatic carbocycles. The highest BCUT2D eigenvalue weighted by atomic mass is 35.5. The Labute approximate surface area is 237 Å². The van der Waals surface area contributed by atoms with Crippen molar-refractivity contribution < 1.29 is 0 Å². The van der Waals surface area contributed by atoms with Gasteiger partial charge in [0.15, 0.2) is 0 Å². The molecule has 1 aliphatic heterocycles. The maximum absolute atomic E-state index is 7.45. The fourth-order valence-electron chi connectivity index (χ4n) is 6.10. The Balaban J connectivity index is 1.41. The van der Waals surface area contributed by atoms with E-state index >= 15 is 0 Å². The Morgan fingerprint density at radius 3 is 1.75 bits per heavy atom. The van der Waals surface area contributed by atoms with Crippen LogP contribution in [0, 0.1) is 0 Å². The molecule has 0 spiro atoms. The summed E-state index contributed by atoms with van der Waals surface area (Å²) in [6.07, 6.45) is 0. The summed E-state index contributed by atoms with van der Waals surface area (Å²) in [5, 5.41) is 3.16. The molecule has 2 heterocycles. The highest BCUT2D eigenvalue weighted by molar-refractivity contribution is 6.37. The summed E-state index contributed by atoms with van der Waals surface area (Å²) >= 11 is 7.45. The third kappa shape index (κ3) is 3.32. The fourth-order valence-corrected chi connectivity index (χ4v) is 6.39. The van der Waals surface area contributed by atoms with Crippen LogP contribution in [0.3, 0.4) is 0 Å². The Kier molecular flexibility index (Phi) is 5.19. The van der Waals surface area contributed by atoms with Crippen molar-refractivity contribution in [3.8, 4) is 5.69 Å². The largest absolute Gasteiger partial charge is 0.309 e. The number of para-hydroxylation sites is 6. The summed E-state index contributed by atoms with van der Waals surface area (Å²) in [7, 11) is 0. The minimum absolute atomic E-state index is 0.687. The van der Waals surface area contributed by atoms with Crippen molar-refractivity contribution in [2.75, 3.05) is 9.80 Å². The number of halogens is 1. The lowest BCUT2D eigenvalue weighted by Crippen LogP contribution is -2.19. The van der Waals surface area contributed by atoms with Crippen LogP contribution in [-0.4, -0.2) is 4.57 Å². The molecule has 0 atom stereocenters. The van der Waals surface area contributed by atoms with Crippen LogP contribution in [0.5, 0.6) is 0 Å². The van der Waals surface area contributed by atoms with Crippen molar-refractivity contribution in [1.29, 1.82) is 0 Å². The normalized spacial score (nSPS) is 12.1. The summed E-state index contributed by atoms with van der Waals surface area (Å²) in [6, 6.07) is 50.9. The van der Waals surface area contributed by atoms with E-state index in [2.05, 4.69) is 148 Å². The van der Waals surface area contributed by atoms with E-state index < -0.39 is 0 Å². The molecule has 0 saturated heterocycles. The van der Waals surface area contributed by atoms with E-state index in [-0.39, 0.29) is 0 Å². The summed E-state index contributed by atoms with van der Waals surface area (Å²) in [6.45, 7) is 0. The number of hydrogen-bond acceptors (Lipinski definition) is 2. The van der Waals surface area contributed by atoms with E-state index in [4.69, 9.17) is 11.6 Å². The SMILES string of the molecule is Clc1c(N(c2ccccc2)c2ccccc2)cccc1N1c2ccccc2-n2c3ccccc3c3cccc1c32. The van der Waals surface area contributed by atoms with E-state index in [1.807, 2.05) is 12.1 Å². The van der Waals surface area contributed by atoms with Crippen LogP contribution in [0.25, 0.3) is 27.5 Å². The highest BCUT2D eigenvalue weighted by Crippen LogP contribution is 2.52. The molecule has 7 aromatic rings. The molecule has 190 valence electrons. The molecule has 0 radical (unpaired) electrons. The van der Waals surface area contributed by atoms with Gasteiger partial charge in [-0.15, -0.1) is 0 Å². The molecule has 40 heavy (non-hydrogen) atoms. The minimum Gasteiger partial charge on any atom is -0.309 e. The first-order valence-corrected chi connectivity index (χ1v) is 13.8. The summed E-state index contributed by atoms with van der Waals surface area (Å²) in [5.41, 5.74) is 9.69. The third-order valence-corrected chi connectivity index (χ3v) is 8.13. The molecule has 0 N–H and O–H groups in total. The summed E-state index contributed by atoms with van der Waals surface area (Å²) < 4.78 is 2.39. The lowest BCUT2D eigenvalue weighted by atomic mass is 10.1. The predicted molar refractivity (Wildman–Crippen MR) is 169 cm³/mol. The standard InChI is InChI=1S/C36H24ClN3/c37-35-32(38(25-13-3-1-4-14-25)26-15-5-2-6-16-26)22-12-23-33(35)39-30-20-9-10-21-31(30)40-29-19-8-7-17-27(29)28-18-11-24-34(39)36(28)40/h1-24H. The minimum atomic E-state index is 0.687. The van der Waals surface area contributed by atoms with Gasteiger partial charge in [0.05, 0.1) is 44.5 Å². The van der Waals surface area contributed by atoms with Crippen LogP contribution in [-0.2, 0) is 0 Å². The Hall–Kier alpha value is -4.99. The van der Waals surface area contributed by atoms with Gasteiger partial charge in [-0.2, -0.15) is 0 Å². The molecule has 1 aliphatic rings. The quantitative estimate of drug-likeness (QED) is 0.223. The van der Waals surface area contributed by atoms with Gasteiger partial charge in [-0.25, -0.2) is 0 Å². The van der Waals surface area contributed by atoms with Crippen molar-refractivity contribution in [3.63, 3.8) is 0 Å². The zero-order chi connectivity index (χ0) is 26.6.